The molecule has 2 N–H and O–H groups in total. The van der Waals surface area contributed by atoms with E-state index < -0.39 is 0 Å². The van der Waals surface area contributed by atoms with Crippen LogP contribution in [0, 0.1) is 6.92 Å². The number of hydrogen-bond donors (Lipinski definition) is 2. The van der Waals surface area contributed by atoms with Crippen molar-refractivity contribution < 1.29 is 14.6 Å². The van der Waals surface area contributed by atoms with Crippen LogP contribution in [-0.4, -0.2) is 63.8 Å². The van der Waals surface area contributed by atoms with Gasteiger partial charge in [-0.2, -0.15) is 0 Å². The lowest BCUT2D eigenvalue weighted by molar-refractivity contribution is 0.199. The van der Waals surface area contributed by atoms with Gasteiger partial charge in [-0.25, -0.2) is 4.98 Å². The normalized spacial score (nSPS) is 10.9. The number of ether oxygens (including phenoxy) is 2. The number of methoxy groups -OCH3 is 2. The maximum absolute atomic E-state index is 9.18. The standard InChI is InChI=1S/C15H27N3O3/c1-13-10-14(11-16-4-8-20-2)12-17-15(13)18(5-7-19)6-9-21-3/h10,12,16,19H,4-9,11H2,1-3H3. The van der Waals surface area contributed by atoms with Gasteiger partial charge in [0.05, 0.1) is 19.8 Å². The van der Waals surface area contributed by atoms with Crippen LogP contribution in [0.2, 0.25) is 0 Å². The van der Waals surface area contributed by atoms with Gasteiger partial charge in [0, 0.05) is 46.6 Å². The highest BCUT2D eigenvalue weighted by molar-refractivity contribution is 5.47. The zero-order valence-electron chi connectivity index (χ0n) is 13.3. The summed E-state index contributed by atoms with van der Waals surface area (Å²) >= 11 is 0. The Morgan fingerprint density at radius 2 is 2.00 bits per heavy atom. The summed E-state index contributed by atoms with van der Waals surface area (Å²) < 4.78 is 10.1. The first-order valence-corrected chi connectivity index (χ1v) is 7.22. The number of nitrogens with one attached hydrogen (secondary N) is 1. The van der Waals surface area contributed by atoms with Crippen LogP contribution in [0.1, 0.15) is 11.1 Å². The van der Waals surface area contributed by atoms with Crippen molar-refractivity contribution in [2.75, 3.05) is 58.6 Å². The third-order valence-corrected chi connectivity index (χ3v) is 3.15. The van der Waals surface area contributed by atoms with Gasteiger partial charge < -0.3 is 24.8 Å². The molecule has 0 atom stereocenters. The highest BCUT2D eigenvalue weighted by Gasteiger charge is 2.10. The lowest BCUT2D eigenvalue weighted by atomic mass is 10.2. The first-order chi connectivity index (χ1) is 10.2. The summed E-state index contributed by atoms with van der Waals surface area (Å²) in [7, 11) is 3.37. The fraction of sp³-hybridized carbons (Fsp3) is 0.667. The summed E-state index contributed by atoms with van der Waals surface area (Å²) in [6, 6.07) is 2.12. The van der Waals surface area contributed by atoms with Gasteiger partial charge in [0.15, 0.2) is 0 Å². The van der Waals surface area contributed by atoms with Crippen LogP contribution in [0.5, 0.6) is 0 Å². The van der Waals surface area contributed by atoms with E-state index in [0.29, 0.717) is 19.8 Å². The minimum atomic E-state index is 0.102. The van der Waals surface area contributed by atoms with Crippen LogP contribution in [0.4, 0.5) is 5.82 Å². The lowest BCUT2D eigenvalue weighted by Crippen LogP contribution is -2.31. The van der Waals surface area contributed by atoms with Crippen molar-refractivity contribution in [1.29, 1.82) is 0 Å². The minimum Gasteiger partial charge on any atom is -0.395 e. The van der Waals surface area contributed by atoms with Crippen LogP contribution in [0.25, 0.3) is 0 Å². The number of hydrogen-bond acceptors (Lipinski definition) is 6. The van der Waals surface area contributed by atoms with Crippen LogP contribution in [-0.2, 0) is 16.0 Å². The summed E-state index contributed by atoms with van der Waals surface area (Å²) in [5.74, 6) is 0.904. The molecule has 6 nitrogen and oxygen atoms in total. The summed E-state index contributed by atoms with van der Waals surface area (Å²) in [6.45, 7) is 6.33. The van der Waals surface area contributed by atoms with Crippen LogP contribution in [0.3, 0.4) is 0 Å². The second-order valence-electron chi connectivity index (χ2n) is 4.86. The van der Waals surface area contributed by atoms with E-state index in [0.717, 1.165) is 36.6 Å². The fourth-order valence-electron chi connectivity index (χ4n) is 2.11. The van der Waals surface area contributed by atoms with Crippen LogP contribution in [0.15, 0.2) is 12.3 Å². The molecule has 0 spiro atoms. The van der Waals surface area contributed by atoms with Gasteiger partial charge in [0.2, 0.25) is 0 Å². The average Bonchev–Trinajstić information content (AvgIpc) is 2.48. The number of aliphatic hydroxyl groups is 1. The number of aliphatic hydroxyl groups excluding tert-OH is 1. The second kappa shape index (κ2) is 10.5. The van der Waals surface area contributed by atoms with E-state index in [4.69, 9.17) is 9.47 Å². The Morgan fingerprint density at radius 1 is 1.24 bits per heavy atom. The van der Waals surface area contributed by atoms with Crippen LogP contribution < -0.4 is 10.2 Å². The molecule has 0 bridgehead atoms. The molecule has 1 rings (SSSR count). The van der Waals surface area contributed by atoms with Gasteiger partial charge in [-0.3, -0.25) is 0 Å². The molecule has 0 aromatic carbocycles. The highest BCUT2D eigenvalue weighted by atomic mass is 16.5. The molecular formula is C15H27N3O3. The van der Waals surface area contributed by atoms with E-state index in [9.17, 15) is 5.11 Å². The SMILES string of the molecule is COCCNCc1cnc(N(CCO)CCOC)c(C)c1. The van der Waals surface area contributed by atoms with Crippen LogP contribution >= 0.6 is 0 Å². The molecule has 6 heteroatoms. The topological polar surface area (TPSA) is 66.9 Å². The highest BCUT2D eigenvalue weighted by Crippen LogP contribution is 2.17. The third kappa shape index (κ3) is 6.39. The molecule has 0 radical (unpaired) electrons. The number of nitrogens with zero attached hydrogens (tertiary/aromatic N) is 2. The molecule has 0 amide bonds. The predicted molar refractivity (Wildman–Crippen MR) is 83.7 cm³/mol. The first-order valence-electron chi connectivity index (χ1n) is 7.22. The van der Waals surface area contributed by atoms with E-state index in [1.807, 2.05) is 18.0 Å². The van der Waals surface area contributed by atoms with Gasteiger partial charge in [-0.05, 0) is 24.1 Å². The fourth-order valence-corrected chi connectivity index (χ4v) is 2.11. The molecule has 1 aromatic rings. The van der Waals surface area contributed by atoms with E-state index in [2.05, 4.69) is 16.4 Å². The Balaban J connectivity index is 2.65. The molecule has 0 saturated carbocycles. The molecule has 1 aromatic heterocycles. The number of pyridine rings is 1. The molecule has 0 aliphatic heterocycles. The third-order valence-electron chi connectivity index (χ3n) is 3.15. The Kier molecular flexibility index (Phi) is 8.93. The van der Waals surface area contributed by atoms with E-state index in [1.165, 1.54) is 0 Å². The number of aromatic nitrogens is 1. The Morgan fingerprint density at radius 3 is 2.62 bits per heavy atom. The van der Waals surface area contributed by atoms with E-state index in [-0.39, 0.29) is 6.61 Å². The molecular weight excluding hydrogens is 270 g/mol. The summed E-state index contributed by atoms with van der Waals surface area (Å²) in [4.78, 5) is 6.58. The molecule has 120 valence electrons. The van der Waals surface area contributed by atoms with Crippen molar-refractivity contribution >= 4 is 5.82 Å². The Bertz CT molecular complexity index is 402. The van der Waals surface area contributed by atoms with Crippen molar-refractivity contribution in [3.05, 3.63) is 23.4 Å². The van der Waals surface area contributed by atoms with E-state index >= 15 is 0 Å². The predicted octanol–water partition coefficient (Wildman–Crippen LogP) is 0.571. The minimum absolute atomic E-state index is 0.102. The molecule has 21 heavy (non-hydrogen) atoms. The van der Waals surface area contributed by atoms with E-state index in [1.54, 1.807) is 14.2 Å². The molecule has 0 fully saturated rings. The average molecular weight is 297 g/mol. The zero-order chi connectivity index (χ0) is 15.5. The maximum Gasteiger partial charge on any atom is 0.131 e. The van der Waals surface area contributed by atoms with Gasteiger partial charge in [0.1, 0.15) is 5.82 Å². The van der Waals surface area contributed by atoms with Gasteiger partial charge in [-0.15, -0.1) is 0 Å². The molecule has 0 aliphatic carbocycles. The van der Waals surface area contributed by atoms with Gasteiger partial charge in [-0.1, -0.05) is 0 Å². The summed E-state index contributed by atoms with van der Waals surface area (Å²) in [5.41, 5.74) is 2.24. The van der Waals surface area contributed by atoms with Crippen molar-refractivity contribution in [3.63, 3.8) is 0 Å². The molecule has 1 heterocycles. The smallest absolute Gasteiger partial charge is 0.131 e. The largest absolute Gasteiger partial charge is 0.395 e. The number of anilines is 1. The summed E-state index contributed by atoms with van der Waals surface area (Å²) in [5, 5.41) is 12.5. The molecule has 0 unspecified atom stereocenters. The number of rotatable bonds is 11. The Labute approximate surface area is 127 Å². The molecule has 0 saturated heterocycles. The van der Waals surface area contributed by atoms with Crippen molar-refractivity contribution in [2.24, 2.45) is 0 Å². The van der Waals surface area contributed by atoms with Crippen molar-refractivity contribution in [1.82, 2.24) is 10.3 Å². The van der Waals surface area contributed by atoms with Gasteiger partial charge in [0.25, 0.3) is 0 Å². The monoisotopic (exact) mass is 297 g/mol. The summed E-state index contributed by atoms with van der Waals surface area (Å²) in [6.07, 6.45) is 1.87. The van der Waals surface area contributed by atoms with Crippen molar-refractivity contribution in [3.8, 4) is 0 Å². The zero-order valence-corrected chi connectivity index (χ0v) is 13.3. The maximum atomic E-state index is 9.18. The second-order valence-corrected chi connectivity index (χ2v) is 4.86. The molecule has 0 aliphatic rings. The lowest BCUT2D eigenvalue weighted by Gasteiger charge is -2.24. The Hall–Kier alpha value is -1.21. The first kappa shape index (κ1) is 17.8. The number of aryl methyl sites for hydroxylation is 1. The van der Waals surface area contributed by atoms with Gasteiger partial charge >= 0.3 is 0 Å². The van der Waals surface area contributed by atoms with Crippen molar-refractivity contribution in [2.45, 2.75) is 13.5 Å². The quantitative estimate of drug-likeness (QED) is 0.582.